The lowest BCUT2D eigenvalue weighted by Gasteiger charge is -1.97. The fraction of sp³-hybridized carbons (Fsp3) is 0.111. The highest BCUT2D eigenvalue weighted by atomic mass is 35.5. The van der Waals surface area contributed by atoms with Gasteiger partial charge in [0.15, 0.2) is 5.58 Å². The zero-order valence-corrected chi connectivity index (χ0v) is 8.45. The fourth-order valence-electron chi connectivity index (χ4n) is 1.26. The molecular weight excluding hydrogens is 222 g/mol. The fourth-order valence-corrected chi connectivity index (χ4v) is 1.42. The molecular formula is C9H6ClNO4. The van der Waals surface area contributed by atoms with Crippen LogP contribution < -0.4 is 5.76 Å². The van der Waals surface area contributed by atoms with Crippen LogP contribution in [0.5, 0.6) is 0 Å². The molecule has 0 aliphatic carbocycles. The number of hydrogen-bond acceptors (Lipinski definition) is 4. The van der Waals surface area contributed by atoms with Crippen molar-refractivity contribution < 1.29 is 13.9 Å². The number of aromatic nitrogens is 1. The number of carbonyl (C=O) groups excluding carboxylic acids is 1. The SMILES string of the molecule is COC(=O)n1c(=O)oc2cc(Cl)ccc21. The Balaban J connectivity index is 2.80. The second kappa shape index (κ2) is 3.43. The third kappa shape index (κ3) is 1.50. The summed E-state index contributed by atoms with van der Waals surface area (Å²) < 4.78 is 10.1. The van der Waals surface area contributed by atoms with E-state index in [0.717, 1.165) is 4.57 Å². The number of benzene rings is 1. The van der Waals surface area contributed by atoms with Gasteiger partial charge in [0.05, 0.1) is 7.11 Å². The zero-order valence-electron chi connectivity index (χ0n) is 7.69. The Morgan fingerprint density at radius 1 is 1.53 bits per heavy atom. The summed E-state index contributed by atoms with van der Waals surface area (Å²) in [5.74, 6) is -0.792. The maximum Gasteiger partial charge on any atom is 0.429 e. The molecule has 0 atom stereocenters. The van der Waals surface area contributed by atoms with Gasteiger partial charge >= 0.3 is 11.8 Å². The van der Waals surface area contributed by atoms with Crippen molar-refractivity contribution in [3.63, 3.8) is 0 Å². The number of oxazole rings is 1. The van der Waals surface area contributed by atoms with E-state index in [0.29, 0.717) is 10.5 Å². The summed E-state index contributed by atoms with van der Waals surface area (Å²) in [7, 11) is 1.18. The molecule has 2 rings (SSSR count). The maximum atomic E-state index is 11.3. The van der Waals surface area contributed by atoms with Crippen LogP contribution in [0.3, 0.4) is 0 Å². The quantitative estimate of drug-likeness (QED) is 0.689. The largest absolute Gasteiger partial charge is 0.452 e. The zero-order chi connectivity index (χ0) is 11.0. The number of fused-ring (bicyclic) bond motifs is 1. The van der Waals surface area contributed by atoms with Crippen LogP contribution in [-0.2, 0) is 4.74 Å². The molecule has 78 valence electrons. The first-order valence-electron chi connectivity index (χ1n) is 4.03. The minimum atomic E-state index is -0.792. The molecule has 0 aliphatic rings. The molecule has 0 saturated carbocycles. The van der Waals surface area contributed by atoms with Crippen molar-refractivity contribution in [1.29, 1.82) is 0 Å². The average Bonchev–Trinajstić information content (AvgIpc) is 2.52. The van der Waals surface area contributed by atoms with Gasteiger partial charge in [0.25, 0.3) is 0 Å². The van der Waals surface area contributed by atoms with E-state index in [4.69, 9.17) is 16.0 Å². The van der Waals surface area contributed by atoms with Crippen LogP contribution in [-0.4, -0.2) is 17.8 Å². The normalized spacial score (nSPS) is 10.5. The number of rotatable bonds is 0. The van der Waals surface area contributed by atoms with Crippen LogP contribution in [0, 0.1) is 0 Å². The number of halogens is 1. The summed E-state index contributed by atoms with van der Waals surface area (Å²) in [6, 6.07) is 4.52. The van der Waals surface area contributed by atoms with Crippen LogP contribution in [0.25, 0.3) is 11.1 Å². The van der Waals surface area contributed by atoms with Gasteiger partial charge in [-0.05, 0) is 12.1 Å². The molecule has 0 amide bonds. The second-order valence-corrected chi connectivity index (χ2v) is 3.22. The first-order chi connectivity index (χ1) is 7.13. The summed E-state index contributed by atoms with van der Waals surface area (Å²) in [6.07, 6.45) is -0.791. The average molecular weight is 228 g/mol. The highest BCUT2D eigenvalue weighted by Gasteiger charge is 2.15. The summed E-state index contributed by atoms with van der Waals surface area (Å²) in [4.78, 5) is 22.5. The Bertz CT molecular complexity index is 583. The van der Waals surface area contributed by atoms with Gasteiger partial charge in [-0.1, -0.05) is 11.6 Å². The molecule has 0 N–H and O–H groups in total. The van der Waals surface area contributed by atoms with Gasteiger partial charge in [0, 0.05) is 11.1 Å². The predicted molar refractivity (Wildman–Crippen MR) is 53.3 cm³/mol. The lowest BCUT2D eigenvalue weighted by molar-refractivity contribution is 0.171. The Hall–Kier alpha value is -1.75. The lowest BCUT2D eigenvalue weighted by Crippen LogP contribution is -2.22. The summed E-state index contributed by atoms with van der Waals surface area (Å²) in [5, 5.41) is 0.424. The molecule has 0 aliphatic heterocycles. The Morgan fingerprint density at radius 2 is 2.27 bits per heavy atom. The molecule has 0 radical (unpaired) electrons. The van der Waals surface area contributed by atoms with Crippen LogP contribution in [0.1, 0.15) is 0 Å². The summed E-state index contributed by atoms with van der Waals surface area (Å²) >= 11 is 5.71. The van der Waals surface area contributed by atoms with Crippen LogP contribution in [0.15, 0.2) is 27.4 Å². The monoisotopic (exact) mass is 227 g/mol. The molecule has 2 aromatic rings. The van der Waals surface area contributed by atoms with Gasteiger partial charge in [0.1, 0.15) is 5.52 Å². The van der Waals surface area contributed by atoms with Crippen LogP contribution in [0.2, 0.25) is 5.02 Å². The number of ether oxygens (including phenoxy) is 1. The first kappa shape index (κ1) is 9.79. The van der Waals surface area contributed by atoms with E-state index in [1.807, 2.05) is 0 Å². The van der Waals surface area contributed by atoms with Gasteiger partial charge in [-0.2, -0.15) is 4.57 Å². The molecule has 0 saturated heterocycles. The van der Waals surface area contributed by atoms with E-state index in [-0.39, 0.29) is 5.58 Å². The molecule has 0 fully saturated rings. The number of carbonyl (C=O) groups is 1. The van der Waals surface area contributed by atoms with E-state index in [1.165, 1.54) is 19.2 Å². The molecule has 1 aromatic carbocycles. The highest BCUT2D eigenvalue weighted by Crippen LogP contribution is 2.18. The third-order valence-electron chi connectivity index (χ3n) is 1.90. The minimum absolute atomic E-state index is 0.248. The summed E-state index contributed by atoms with van der Waals surface area (Å²) in [5.41, 5.74) is 0.578. The van der Waals surface area contributed by atoms with Gasteiger partial charge < -0.3 is 9.15 Å². The van der Waals surface area contributed by atoms with Crippen LogP contribution >= 0.6 is 11.6 Å². The van der Waals surface area contributed by atoms with Gasteiger partial charge in [-0.15, -0.1) is 0 Å². The predicted octanol–water partition coefficient (Wildman–Crippen LogP) is 1.86. The van der Waals surface area contributed by atoms with Crippen molar-refractivity contribution in [2.24, 2.45) is 0 Å². The van der Waals surface area contributed by atoms with E-state index in [9.17, 15) is 9.59 Å². The molecule has 1 heterocycles. The number of methoxy groups -OCH3 is 1. The van der Waals surface area contributed by atoms with Gasteiger partial charge in [0.2, 0.25) is 0 Å². The summed E-state index contributed by atoms with van der Waals surface area (Å²) in [6.45, 7) is 0. The van der Waals surface area contributed by atoms with E-state index < -0.39 is 11.8 Å². The Labute approximate surface area is 88.8 Å². The van der Waals surface area contributed by atoms with Crippen LogP contribution in [0.4, 0.5) is 4.79 Å². The Morgan fingerprint density at radius 3 is 2.93 bits per heavy atom. The van der Waals surface area contributed by atoms with Crippen molar-refractivity contribution >= 4 is 28.8 Å². The maximum absolute atomic E-state index is 11.3. The Kier molecular flexibility index (Phi) is 2.24. The smallest absolute Gasteiger partial charge is 0.429 e. The van der Waals surface area contributed by atoms with Gasteiger partial charge in [-0.25, -0.2) is 9.59 Å². The number of nitrogens with zero attached hydrogens (tertiary/aromatic N) is 1. The second-order valence-electron chi connectivity index (χ2n) is 2.79. The topological polar surface area (TPSA) is 61.4 Å². The van der Waals surface area contributed by atoms with Crippen molar-refractivity contribution in [2.75, 3.05) is 7.11 Å². The lowest BCUT2D eigenvalue weighted by atomic mass is 10.3. The first-order valence-corrected chi connectivity index (χ1v) is 4.40. The molecule has 15 heavy (non-hydrogen) atoms. The molecule has 1 aromatic heterocycles. The highest BCUT2D eigenvalue weighted by molar-refractivity contribution is 6.31. The van der Waals surface area contributed by atoms with E-state index in [1.54, 1.807) is 6.07 Å². The van der Waals surface area contributed by atoms with Crippen molar-refractivity contribution in [2.45, 2.75) is 0 Å². The molecule has 0 unspecified atom stereocenters. The van der Waals surface area contributed by atoms with Crippen molar-refractivity contribution in [3.05, 3.63) is 33.8 Å². The van der Waals surface area contributed by atoms with E-state index >= 15 is 0 Å². The van der Waals surface area contributed by atoms with Crippen molar-refractivity contribution in [3.8, 4) is 0 Å². The molecule has 5 nitrogen and oxygen atoms in total. The third-order valence-corrected chi connectivity index (χ3v) is 2.13. The molecule has 6 heteroatoms. The molecule has 0 spiro atoms. The standard InChI is InChI=1S/C9H6ClNO4/c1-14-8(12)11-6-3-2-5(10)4-7(6)15-9(11)13/h2-4H,1H3. The van der Waals surface area contributed by atoms with Crippen molar-refractivity contribution in [1.82, 2.24) is 4.57 Å². The van der Waals surface area contributed by atoms with E-state index in [2.05, 4.69) is 4.74 Å². The minimum Gasteiger partial charge on any atom is -0.452 e. The number of hydrogen-bond donors (Lipinski definition) is 0. The molecule has 0 bridgehead atoms. The van der Waals surface area contributed by atoms with Gasteiger partial charge in [-0.3, -0.25) is 0 Å².